The number of nitrogens with zero attached hydrogens (tertiary/aromatic N) is 1. The molecule has 1 heterocycles. The first kappa shape index (κ1) is 16.1. The van der Waals surface area contributed by atoms with Crippen LogP contribution in [0.3, 0.4) is 0 Å². The Morgan fingerprint density at radius 1 is 1.52 bits per heavy atom. The molecule has 21 heavy (non-hydrogen) atoms. The van der Waals surface area contributed by atoms with Gasteiger partial charge in [-0.2, -0.15) is 11.8 Å². The van der Waals surface area contributed by atoms with E-state index in [-0.39, 0.29) is 15.8 Å². The fourth-order valence-electron chi connectivity index (χ4n) is 2.45. The van der Waals surface area contributed by atoms with Gasteiger partial charge in [-0.1, -0.05) is 18.5 Å². The summed E-state index contributed by atoms with van der Waals surface area (Å²) in [6, 6.07) is 2.64. The number of carboxylic acid groups (broad SMARTS) is 1. The van der Waals surface area contributed by atoms with E-state index < -0.39 is 23.7 Å². The first-order valence-electron chi connectivity index (χ1n) is 6.54. The van der Waals surface area contributed by atoms with Crippen LogP contribution < -0.4 is 5.11 Å². The van der Waals surface area contributed by atoms with Gasteiger partial charge in [0.1, 0.15) is 5.82 Å². The minimum atomic E-state index is -1.26. The SMILES string of the molecule is CCS[C@H]1CCN(C(=O)c2ccc(F)c(Cl)c2)[C@@H]1C(=O)[O-]. The van der Waals surface area contributed by atoms with Crippen molar-refractivity contribution in [1.82, 2.24) is 4.90 Å². The van der Waals surface area contributed by atoms with E-state index in [0.717, 1.165) is 11.8 Å². The van der Waals surface area contributed by atoms with Crippen molar-refractivity contribution < 1.29 is 19.1 Å². The van der Waals surface area contributed by atoms with Crippen LogP contribution in [0.1, 0.15) is 23.7 Å². The molecule has 0 saturated carbocycles. The van der Waals surface area contributed by atoms with Crippen LogP contribution in [-0.4, -0.2) is 40.4 Å². The second kappa shape index (κ2) is 6.66. The lowest BCUT2D eigenvalue weighted by Gasteiger charge is -2.28. The summed E-state index contributed by atoms with van der Waals surface area (Å²) in [5.41, 5.74) is 0.176. The lowest BCUT2D eigenvalue weighted by atomic mass is 10.1. The van der Waals surface area contributed by atoms with Crippen LogP contribution in [0.2, 0.25) is 5.02 Å². The number of likely N-dealkylation sites (tertiary alicyclic amines) is 1. The maximum absolute atomic E-state index is 13.1. The molecule has 0 N–H and O–H groups in total. The van der Waals surface area contributed by atoms with Gasteiger partial charge in [0.15, 0.2) is 0 Å². The van der Waals surface area contributed by atoms with Crippen LogP contribution in [0.15, 0.2) is 18.2 Å². The maximum Gasteiger partial charge on any atom is 0.254 e. The van der Waals surface area contributed by atoms with Crippen LogP contribution in [-0.2, 0) is 4.79 Å². The smallest absolute Gasteiger partial charge is 0.254 e. The van der Waals surface area contributed by atoms with Gasteiger partial charge in [0.25, 0.3) is 5.91 Å². The highest BCUT2D eigenvalue weighted by Gasteiger charge is 2.38. The molecular formula is C14H14ClFNO3S-. The molecule has 0 unspecified atom stereocenters. The number of aliphatic carboxylic acids is 1. The van der Waals surface area contributed by atoms with Crippen molar-refractivity contribution in [3.05, 3.63) is 34.6 Å². The van der Waals surface area contributed by atoms with Gasteiger partial charge in [-0.15, -0.1) is 0 Å². The van der Waals surface area contributed by atoms with E-state index in [2.05, 4.69) is 0 Å². The number of rotatable bonds is 4. The zero-order chi connectivity index (χ0) is 15.6. The maximum atomic E-state index is 13.1. The van der Waals surface area contributed by atoms with Gasteiger partial charge in [0.2, 0.25) is 0 Å². The molecule has 2 rings (SSSR count). The molecule has 1 aliphatic heterocycles. The number of thioether (sulfide) groups is 1. The van der Waals surface area contributed by atoms with E-state index in [1.807, 2.05) is 6.92 Å². The molecule has 0 aliphatic carbocycles. The minimum absolute atomic E-state index is 0.162. The molecule has 1 saturated heterocycles. The lowest BCUT2D eigenvalue weighted by Crippen LogP contribution is -2.50. The van der Waals surface area contributed by atoms with Crippen LogP contribution in [0.4, 0.5) is 4.39 Å². The Balaban J connectivity index is 2.25. The molecule has 1 aromatic rings. The number of carboxylic acids is 1. The summed E-state index contributed by atoms with van der Waals surface area (Å²) in [4.78, 5) is 25.0. The highest BCUT2D eigenvalue weighted by atomic mass is 35.5. The standard InChI is InChI=1S/C14H15ClFNO3S/c1-2-21-11-5-6-17(12(11)14(19)20)13(18)8-3-4-10(16)9(15)7-8/h3-4,7,11-12H,2,5-6H2,1H3,(H,19,20)/p-1/t11-,12-/m0/s1. The Kier molecular flexibility index (Phi) is 5.11. The molecule has 1 aromatic carbocycles. The number of hydrogen-bond acceptors (Lipinski definition) is 4. The molecule has 0 spiro atoms. The third-order valence-corrected chi connectivity index (χ3v) is 4.94. The molecule has 114 valence electrons. The highest BCUT2D eigenvalue weighted by molar-refractivity contribution is 7.99. The predicted octanol–water partition coefficient (Wildman–Crippen LogP) is 1.57. The Morgan fingerprint density at radius 3 is 2.81 bits per heavy atom. The zero-order valence-corrected chi connectivity index (χ0v) is 12.9. The molecule has 0 radical (unpaired) electrons. The molecule has 1 amide bonds. The van der Waals surface area contributed by atoms with Gasteiger partial charge in [-0.05, 0) is 30.4 Å². The van der Waals surface area contributed by atoms with E-state index in [4.69, 9.17) is 11.6 Å². The topological polar surface area (TPSA) is 60.4 Å². The van der Waals surface area contributed by atoms with Gasteiger partial charge in [-0.3, -0.25) is 4.79 Å². The Hall–Kier alpha value is -1.27. The fourth-order valence-corrected chi connectivity index (χ4v) is 3.78. The van der Waals surface area contributed by atoms with Gasteiger partial charge >= 0.3 is 0 Å². The molecule has 4 nitrogen and oxygen atoms in total. The second-order valence-corrected chi connectivity index (χ2v) is 6.60. The summed E-state index contributed by atoms with van der Waals surface area (Å²) in [5.74, 6) is -1.59. The number of hydrogen-bond donors (Lipinski definition) is 0. The quantitative estimate of drug-likeness (QED) is 0.840. The van der Waals surface area contributed by atoms with Gasteiger partial charge in [0, 0.05) is 17.4 Å². The average molecular weight is 331 g/mol. The molecule has 0 aromatic heterocycles. The molecule has 1 aliphatic rings. The molecule has 1 fully saturated rings. The molecule has 7 heteroatoms. The van der Waals surface area contributed by atoms with Crippen molar-refractivity contribution in [3.8, 4) is 0 Å². The summed E-state index contributed by atoms with van der Waals surface area (Å²) in [7, 11) is 0. The average Bonchev–Trinajstić information content (AvgIpc) is 2.85. The second-order valence-electron chi connectivity index (χ2n) is 4.67. The van der Waals surface area contributed by atoms with Crippen LogP contribution in [0.25, 0.3) is 0 Å². The highest BCUT2D eigenvalue weighted by Crippen LogP contribution is 2.30. The van der Waals surface area contributed by atoms with E-state index in [0.29, 0.717) is 13.0 Å². The summed E-state index contributed by atoms with van der Waals surface area (Å²) >= 11 is 7.16. The van der Waals surface area contributed by atoms with Gasteiger partial charge in [0.05, 0.1) is 17.0 Å². The van der Waals surface area contributed by atoms with Crippen LogP contribution >= 0.6 is 23.4 Å². The third kappa shape index (κ3) is 3.32. The van der Waals surface area contributed by atoms with Gasteiger partial charge < -0.3 is 14.8 Å². The van der Waals surface area contributed by atoms with Gasteiger partial charge in [-0.25, -0.2) is 4.39 Å². The number of halogens is 2. The fraction of sp³-hybridized carbons (Fsp3) is 0.429. The van der Waals surface area contributed by atoms with Crippen molar-refractivity contribution in [1.29, 1.82) is 0 Å². The third-order valence-electron chi connectivity index (χ3n) is 3.39. The van der Waals surface area contributed by atoms with Crippen LogP contribution in [0.5, 0.6) is 0 Å². The Labute approximate surface area is 131 Å². The number of carbonyl (C=O) groups is 2. The summed E-state index contributed by atoms with van der Waals surface area (Å²) in [6.07, 6.45) is 0.595. The Morgan fingerprint density at radius 2 is 2.24 bits per heavy atom. The Bertz CT molecular complexity index is 569. The first-order valence-corrected chi connectivity index (χ1v) is 7.96. The normalized spacial score (nSPS) is 21.6. The van der Waals surface area contributed by atoms with E-state index in [1.54, 1.807) is 0 Å². The van der Waals surface area contributed by atoms with Crippen molar-refractivity contribution >= 4 is 35.2 Å². The van der Waals surface area contributed by atoms with E-state index in [9.17, 15) is 19.1 Å². The van der Waals surface area contributed by atoms with E-state index in [1.165, 1.54) is 28.8 Å². The van der Waals surface area contributed by atoms with Crippen molar-refractivity contribution in [2.24, 2.45) is 0 Å². The summed E-state index contributed by atoms with van der Waals surface area (Å²) in [5, 5.41) is 11.0. The largest absolute Gasteiger partial charge is 0.548 e. The molecule has 2 atom stereocenters. The molecular weight excluding hydrogens is 317 g/mol. The predicted molar refractivity (Wildman–Crippen MR) is 77.8 cm³/mol. The number of carbonyl (C=O) groups excluding carboxylic acids is 2. The van der Waals surface area contributed by atoms with Crippen molar-refractivity contribution in [2.75, 3.05) is 12.3 Å². The van der Waals surface area contributed by atoms with E-state index >= 15 is 0 Å². The van der Waals surface area contributed by atoms with Crippen molar-refractivity contribution in [2.45, 2.75) is 24.6 Å². The zero-order valence-electron chi connectivity index (χ0n) is 11.3. The minimum Gasteiger partial charge on any atom is -0.548 e. The number of benzene rings is 1. The number of amides is 1. The van der Waals surface area contributed by atoms with Crippen molar-refractivity contribution in [3.63, 3.8) is 0 Å². The first-order chi connectivity index (χ1) is 9.95. The monoisotopic (exact) mass is 330 g/mol. The molecule has 0 bridgehead atoms. The lowest BCUT2D eigenvalue weighted by molar-refractivity contribution is -0.310. The summed E-state index contributed by atoms with van der Waals surface area (Å²) in [6.45, 7) is 2.27. The summed E-state index contributed by atoms with van der Waals surface area (Å²) < 4.78 is 13.1. The van der Waals surface area contributed by atoms with Crippen LogP contribution in [0, 0.1) is 5.82 Å².